The predicted octanol–water partition coefficient (Wildman–Crippen LogP) is 3.06. The molecule has 1 N–H and O–H groups in total. The van der Waals surface area contributed by atoms with Crippen LogP contribution in [-0.2, 0) is 9.47 Å². The number of hydrogen-bond donors (Lipinski definition) is 1. The summed E-state index contributed by atoms with van der Waals surface area (Å²) in [4.78, 5) is 12.7. The molecule has 0 aliphatic carbocycles. The molecular weight excluding hydrogens is 250 g/mol. The van der Waals surface area contributed by atoms with Gasteiger partial charge >= 0.3 is 6.09 Å². The molecule has 0 aromatic carbocycles. The van der Waals surface area contributed by atoms with Gasteiger partial charge in [-0.3, -0.25) is 0 Å². The molecule has 0 saturated carbocycles. The molecule has 0 fully saturated rings. The SMILES string of the molecule is C=CC1=C(SC)CC(NC(=O)OC(C)(C)C)CO1. The summed E-state index contributed by atoms with van der Waals surface area (Å²) in [6.45, 7) is 9.68. The normalized spacial score (nSPS) is 20.1. The van der Waals surface area contributed by atoms with E-state index in [1.807, 2.05) is 27.0 Å². The van der Waals surface area contributed by atoms with Crippen LogP contribution in [0.4, 0.5) is 4.79 Å². The Morgan fingerprint density at radius 1 is 1.61 bits per heavy atom. The predicted molar refractivity (Wildman–Crippen MR) is 74.5 cm³/mol. The second kappa shape index (κ2) is 6.18. The molecule has 1 atom stereocenters. The number of alkyl carbamates (subject to hydrolysis) is 1. The smallest absolute Gasteiger partial charge is 0.408 e. The van der Waals surface area contributed by atoms with Gasteiger partial charge in [-0.1, -0.05) is 6.58 Å². The summed E-state index contributed by atoms with van der Waals surface area (Å²) in [6.07, 6.45) is 4.04. The lowest BCUT2D eigenvalue weighted by molar-refractivity contribution is 0.0466. The van der Waals surface area contributed by atoms with Crippen molar-refractivity contribution in [1.29, 1.82) is 0 Å². The third-order valence-corrected chi connectivity index (χ3v) is 3.16. The van der Waals surface area contributed by atoms with Gasteiger partial charge in [-0.25, -0.2) is 4.79 Å². The molecule has 4 nitrogen and oxygen atoms in total. The van der Waals surface area contributed by atoms with Crippen molar-refractivity contribution < 1.29 is 14.3 Å². The molecule has 0 aromatic rings. The summed E-state index contributed by atoms with van der Waals surface area (Å²) in [5.74, 6) is 0.810. The zero-order valence-electron chi connectivity index (χ0n) is 11.4. The molecule has 1 rings (SSSR count). The average Bonchev–Trinajstić information content (AvgIpc) is 2.26. The molecule has 0 saturated heterocycles. The zero-order chi connectivity index (χ0) is 13.8. The summed E-state index contributed by atoms with van der Waals surface area (Å²) in [5, 5.41) is 2.82. The van der Waals surface area contributed by atoms with E-state index in [1.165, 1.54) is 0 Å². The largest absolute Gasteiger partial charge is 0.491 e. The molecule has 18 heavy (non-hydrogen) atoms. The fourth-order valence-electron chi connectivity index (χ4n) is 1.58. The first-order chi connectivity index (χ1) is 8.35. The van der Waals surface area contributed by atoms with Crippen LogP contribution in [0.2, 0.25) is 0 Å². The van der Waals surface area contributed by atoms with Crippen molar-refractivity contribution in [2.75, 3.05) is 12.9 Å². The Bertz CT molecular complexity index is 358. The average molecular weight is 271 g/mol. The van der Waals surface area contributed by atoms with E-state index in [0.717, 1.165) is 17.1 Å². The van der Waals surface area contributed by atoms with E-state index in [0.29, 0.717) is 6.61 Å². The van der Waals surface area contributed by atoms with Crippen molar-refractivity contribution in [3.63, 3.8) is 0 Å². The van der Waals surface area contributed by atoms with E-state index in [4.69, 9.17) is 9.47 Å². The van der Waals surface area contributed by atoms with Gasteiger partial charge in [0.05, 0.1) is 6.04 Å². The van der Waals surface area contributed by atoms with Crippen LogP contribution in [0.5, 0.6) is 0 Å². The van der Waals surface area contributed by atoms with Crippen molar-refractivity contribution in [3.05, 3.63) is 23.3 Å². The highest BCUT2D eigenvalue weighted by molar-refractivity contribution is 8.02. The second-order valence-corrected chi connectivity index (χ2v) is 5.96. The number of amides is 1. The van der Waals surface area contributed by atoms with Crippen molar-refractivity contribution >= 4 is 17.9 Å². The highest BCUT2D eigenvalue weighted by atomic mass is 32.2. The maximum Gasteiger partial charge on any atom is 0.408 e. The molecule has 0 radical (unpaired) electrons. The molecule has 0 aromatic heterocycles. The van der Waals surface area contributed by atoms with Gasteiger partial charge < -0.3 is 14.8 Å². The highest BCUT2D eigenvalue weighted by Crippen LogP contribution is 2.28. The molecule has 1 aliphatic heterocycles. The van der Waals surface area contributed by atoms with Crippen LogP contribution in [-0.4, -0.2) is 30.6 Å². The maximum absolute atomic E-state index is 11.6. The Hall–Kier alpha value is -1.10. The summed E-state index contributed by atoms with van der Waals surface area (Å²) in [5.41, 5.74) is -0.482. The molecule has 102 valence electrons. The Morgan fingerprint density at radius 2 is 2.28 bits per heavy atom. The quantitative estimate of drug-likeness (QED) is 0.857. The first kappa shape index (κ1) is 15.0. The van der Waals surface area contributed by atoms with Crippen LogP contribution in [0.15, 0.2) is 23.3 Å². The second-order valence-electron chi connectivity index (χ2n) is 5.05. The Labute approximate surface area is 113 Å². The summed E-state index contributed by atoms with van der Waals surface area (Å²) >= 11 is 1.61. The van der Waals surface area contributed by atoms with Gasteiger partial charge in [0, 0.05) is 11.3 Å². The van der Waals surface area contributed by atoms with Crippen LogP contribution < -0.4 is 5.32 Å². The van der Waals surface area contributed by atoms with Crippen LogP contribution in [0.25, 0.3) is 0 Å². The van der Waals surface area contributed by atoms with Gasteiger partial charge in [0.15, 0.2) is 0 Å². The molecule has 0 spiro atoms. The lowest BCUT2D eigenvalue weighted by atomic mass is 10.1. The van der Waals surface area contributed by atoms with Crippen LogP contribution in [0.3, 0.4) is 0 Å². The van der Waals surface area contributed by atoms with Crippen LogP contribution >= 0.6 is 11.8 Å². The number of carbonyl (C=O) groups is 1. The number of allylic oxidation sites excluding steroid dienone is 1. The van der Waals surface area contributed by atoms with Gasteiger partial charge in [0.25, 0.3) is 0 Å². The molecule has 0 bridgehead atoms. The fourth-order valence-corrected chi connectivity index (χ4v) is 2.29. The van der Waals surface area contributed by atoms with Gasteiger partial charge in [-0.05, 0) is 33.1 Å². The van der Waals surface area contributed by atoms with E-state index in [2.05, 4.69) is 11.9 Å². The van der Waals surface area contributed by atoms with Gasteiger partial charge in [-0.15, -0.1) is 11.8 Å². The third-order valence-electron chi connectivity index (χ3n) is 2.30. The molecule has 5 heteroatoms. The molecule has 1 amide bonds. The van der Waals surface area contributed by atoms with E-state index >= 15 is 0 Å². The van der Waals surface area contributed by atoms with Crippen LogP contribution in [0.1, 0.15) is 27.2 Å². The fraction of sp³-hybridized carbons (Fsp3) is 0.615. The third kappa shape index (κ3) is 4.64. The molecular formula is C13H21NO3S. The van der Waals surface area contributed by atoms with E-state index in [-0.39, 0.29) is 6.04 Å². The minimum Gasteiger partial charge on any atom is -0.491 e. The van der Waals surface area contributed by atoms with Crippen LogP contribution in [0, 0.1) is 0 Å². The minimum atomic E-state index is -0.482. The number of thioether (sulfide) groups is 1. The zero-order valence-corrected chi connectivity index (χ0v) is 12.2. The lowest BCUT2D eigenvalue weighted by Gasteiger charge is -2.28. The number of carbonyl (C=O) groups excluding carboxylic acids is 1. The number of hydrogen-bond acceptors (Lipinski definition) is 4. The first-order valence-electron chi connectivity index (χ1n) is 5.87. The van der Waals surface area contributed by atoms with Crippen molar-refractivity contribution in [2.45, 2.75) is 38.8 Å². The minimum absolute atomic E-state index is 0.0500. The Balaban J connectivity index is 2.54. The summed E-state index contributed by atoms with van der Waals surface area (Å²) in [7, 11) is 0. The molecule has 1 aliphatic rings. The molecule has 1 heterocycles. The first-order valence-corrected chi connectivity index (χ1v) is 7.10. The number of ether oxygens (including phenoxy) is 2. The topological polar surface area (TPSA) is 47.6 Å². The van der Waals surface area contributed by atoms with E-state index < -0.39 is 11.7 Å². The monoisotopic (exact) mass is 271 g/mol. The van der Waals surface area contributed by atoms with Gasteiger partial charge in [0.1, 0.15) is 18.0 Å². The Morgan fingerprint density at radius 3 is 2.78 bits per heavy atom. The standard InChI is InChI=1S/C13H21NO3S/c1-6-10-11(18-5)7-9(8-16-10)14-12(15)17-13(2,3)4/h6,9H,1,7-8H2,2-5H3,(H,14,15). The Kier molecular flexibility index (Phi) is 5.14. The summed E-state index contributed by atoms with van der Waals surface area (Å²) in [6, 6.07) is -0.0500. The summed E-state index contributed by atoms with van der Waals surface area (Å²) < 4.78 is 10.8. The molecule has 1 unspecified atom stereocenters. The van der Waals surface area contributed by atoms with Crippen molar-refractivity contribution in [2.24, 2.45) is 0 Å². The van der Waals surface area contributed by atoms with E-state index in [1.54, 1.807) is 17.8 Å². The number of rotatable bonds is 3. The van der Waals surface area contributed by atoms with Gasteiger partial charge in [-0.2, -0.15) is 0 Å². The lowest BCUT2D eigenvalue weighted by Crippen LogP contribution is -2.42. The number of nitrogens with one attached hydrogen (secondary N) is 1. The van der Waals surface area contributed by atoms with E-state index in [9.17, 15) is 4.79 Å². The maximum atomic E-state index is 11.6. The van der Waals surface area contributed by atoms with Gasteiger partial charge in [0.2, 0.25) is 0 Å². The highest BCUT2D eigenvalue weighted by Gasteiger charge is 2.24. The van der Waals surface area contributed by atoms with Crippen molar-refractivity contribution in [3.8, 4) is 0 Å². The van der Waals surface area contributed by atoms with Crippen molar-refractivity contribution in [1.82, 2.24) is 5.32 Å².